The van der Waals surface area contributed by atoms with Gasteiger partial charge in [0.2, 0.25) is 5.91 Å². The van der Waals surface area contributed by atoms with Crippen LogP contribution < -0.4 is 10.5 Å². The molecule has 0 fully saturated rings. The number of halogens is 2. The topological polar surface area (TPSA) is 52.3 Å². The van der Waals surface area contributed by atoms with Gasteiger partial charge < -0.3 is 10.5 Å². The van der Waals surface area contributed by atoms with Crippen LogP contribution in [0.2, 0.25) is 0 Å². The molecule has 1 rings (SSSR count). The molecule has 76 valence electrons. The molecule has 0 aliphatic carbocycles. The summed E-state index contributed by atoms with van der Waals surface area (Å²) in [4.78, 5) is 10.5. The molecule has 0 unspecified atom stereocenters. The van der Waals surface area contributed by atoms with E-state index >= 15 is 0 Å². The lowest BCUT2D eigenvalue weighted by Crippen LogP contribution is -2.14. The highest BCUT2D eigenvalue weighted by molar-refractivity contribution is 5.76. The number of nitrogens with two attached hydrogens (primary N) is 1. The molecular formula is C9H9F2NO2. The maximum atomic E-state index is 13.0. The number of rotatable bonds is 3. The minimum atomic E-state index is -0.844. The summed E-state index contributed by atoms with van der Waals surface area (Å²) in [7, 11) is 1.16. The maximum Gasteiger partial charge on any atom is 0.221 e. The number of primary amides is 1. The number of methoxy groups -OCH3 is 1. The number of benzene rings is 1. The lowest BCUT2D eigenvalue weighted by atomic mass is 10.1. The Kier molecular flexibility index (Phi) is 3.01. The van der Waals surface area contributed by atoms with Crippen molar-refractivity contribution in [3.8, 4) is 5.75 Å². The number of hydrogen-bond acceptors (Lipinski definition) is 2. The Labute approximate surface area is 79.5 Å². The Bertz CT molecular complexity index is 343. The minimum Gasteiger partial charge on any atom is -0.491 e. The fraction of sp³-hybridized carbons (Fsp3) is 0.222. The molecule has 0 saturated carbocycles. The molecule has 0 atom stereocenters. The van der Waals surface area contributed by atoms with Gasteiger partial charge in [-0.25, -0.2) is 8.78 Å². The van der Waals surface area contributed by atoms with Crippen LogP contribution in [0.4, 0.5) is 8.78 Å². The van der Waals surface area contributed by atoms with E-state index in [1.54, 1.807) is 0 Å². The van der Waals surface area contributed by atoms with Crippen molar-refractivity contribution < 1.29 is 18.3 Å². The van der Waals surface area contributed by atoms with Crippen molar-refractivity contribution in [1.29, 1.82) is 0 Å². The zero-order valence-electron chi connectivity index (χ0n) is 7.51. The monoisotopic (exact) mass is 201 g/mol. The average Bonchev–Trinajstić information content (AvgIpc) is 2.01. The fourth-order valence-corrected chi connectivity index (χ4v) is 1.11. The minimum absolute atomic E-state index is 0.188. The smallest absolute Gasteiger partial charge is 0.221 e. The Morgan fingerprint density at radius 3 is 2.29 bits per heavy atom. The molecule has 0 aliphatic heterocycles. The Morgan fingerprint density at radius 1 is 1.43 bits per heavy atom. The maximum absolute atomic E-state index is 13.0. The van der Waals surface area contributed by atoms with Crippen LogP contribution in [0, 0.1) is 11.6 Å². The average molecular weight is 201 g/mol. The third kappa shape index (κ3) is 2.18. The van der Waals surface area contributed by atoms with Crippen molar-refractivity contribution in [2.24, 2.45) is 5.73 Å². The number of carbonyl (C=O) groups excluding carboxylic acids is 1. The molecule has 0 radical (unpaired) electrons. The Hall–Kier alpha value is -1.65. The molecular weight excluding hydrogens is 192 g/mol. The third-order valence-electron chi connectivity index (χ3n) is 1.64. The molecule has 0 aliphatic rings. The van der Waals surface area contributed by atoms with Crippen LogP contribution in [0.1, 0.15) is 5.56 Å². The molecule has 5 heteroatoms. The van der Waals surface area contributed by atoms with Gasteiger partial charge >= 0.3 is 0 Å². The van der Waals surface area contributed by atoms with Gasteiger partial charge in [-0.2, -0.15) is 0 Å². The van der Waals surface area contributed by atoms with Crippen LogP contribution in [0.5, 0.6) is 5.75 Å². The SMILES string of the molecule is COc1c(F)cc(CC(N)=O)cc1F. The van der Waals surface area contributed by atoms with Crippen LogP contribution in [-0.4, -0.2) is 13.0 Å². The van der Waals surface area contributed by atoms with Gasteiger partial charge in [0.05, 0.1) is 13.5 Å². The molecule has 3 nitrogen and oxygen atoms in total. The molecule has 1 amide bonds. The quantitative estimate of drug-likeness (QED) is 0.793. The number of ether oxygens (including phenoxy) is 1. The van der Waals surface area contributed by atoms with E-state index in [2.05, 4.69) is 4.74 Å². The van der Waals surface area contributed by atoms with Gasteiger partial charge in [0.25, 0.3) is 0 Å². The lowest BCUT2D eigenvalue weighted by Gasteiger charge is -2.05. The zero-order chi connectivity index (χ0) is 10.7. The summed E-state index contributed by atoms with van der Waals surface area (Å²) in [5, 5.41) is 0. The van der Waals surface area contributed by atoms with E-state index in [0.29, 0.717) is 0 Å². The van der Waals surface area contributed by atoms with Crippen LogP contribution >= 0.6 is 0 Å². The normalized spacial score (nSPS) is 9.93. The molecule has 0 aromatic heterocycles. The first-order valence-corrected chi connectivity index (χ1v) is 3.84. The highest BCUT2D eigenvalue weighted by atomic mass is 19.1. The van der Waals surface area contributed by atoms with E-state index < -0.39 is 23.3 Å². The van der Waals surface area contributed by atoms with E-state index in [4.69, 9.17) is 5.73 Å². The molecule has 0 bridgehead atoms. The first-order chi connectivity index (χ1) is 6.54. The van der Waals surface area contributed by atoms with Gasteiger partial charge in [0, 0.05) is 0 Å². The largest absolute Gasteiger partial charge is 0.491 e. The second kappa shape index (κ2) is 4.04. The van der Waals surface area contributed by atoms with Crippen LogP contribution in [0.3, 0.4) is 0 Å². The predicted molar refractivity (Wildman–Crippen MR) is 45.8 cm³/mol. The standard InChI is InChI=1S/C9H9F2NO2/c1-14-9-6(10)2-5(3-7(9)11)4-8(12)13/h2-3H,4H2,1H3,(H2,12,13). The van der Waals surface area contributed by atoms with Crippen LogP contribution in [-0.2, 0) is 11.2 Å². The van der Waals surface area contributed by atoms with Gasteiger partial charge in [-0.05, 0) is 17.7 Å². The van der Waals surface area contributed by atoms with Crippen molar-refractivity contribution >= 4 is 5.91 Å². The van der Waals surface area contributed by atoms with Crippen molar-refractivity contribution in [2.45, 2.75) is 6.42 Å². The van der Waals surface area contributed by atoms with E-state index in [0.717, 1.165) is 19.2 Å². The number of hydrogen-bond donors (Lipinski definition) is 1. The fourth-order valence-electron chi connectivity index (χ4n) is 1.11. The Balaban J connectivity index is 3.07. The van der Waals surface area contributed by atoms with Gasteiger partial charge in [0.15, 0.2) is 17.4 Å². The number of carbonyl (C=O) groups is 1. The van der Waals surface area contributed by atoms with Crippen LogP contribution in [0.25, 0.3) is 0 Å². The summed E-state index contributed by atoms with van der Waals surface area (Å²) in [6.45, 7) is 0. The van der Waals surface area contributed by atoms with E-state index in [-0.39, 0.29) is 12.0 Å². The first kappa shape index (κ1) is 10.4. The van der Waals surface area contributed by atoms with Crippen molar-refractivity contribution in [3.63, 3.8) is 0 Å². The zero-order valence-corrected chi connectivity index (χ0v) is 7.51. The van der Waals surface area contributed by atoms with E-state index in [1.807, 2.05) is 0 Å². The second-order valence-electron chi connectivity index (χ2n) is 2.74. The second-order valence-corrected chi connectivity index (χ2v) is 2.74. The van der Waals surface area contributed by atoms with Crippen LogP contribution in [0.15, 0.2) is 12.1 Å². The summed E-state index contributed by atoms with van der Waals surface area (Å²) < 4.78 is 30.6. The molecule has 14 heavy (non-hydrogen) atoms. The third-order valence-corrected chi connectivity index (χ3v) is 1.64. The lowest BCUT2D eigenvalue weighted by molar-refractivity contribution is -0.117. The summed E-state index contributed by atoms with van der Waals surface area (Å²) >= 11 is 0. The van der Waals surface area contributed by atoms with Crippen molar-refractivity contribution in [3.05, 3.63) is 29.3 Å². The first-order valence-electron chi connectivity index (χ1n) is 3.84. The number of amides is 1. The van der Waals surface area contributed by atoms with Gasteiger partial charge in [0.1, 0.15) is 0 Å². The molecule has 0 saturated heterocycles. The molecule has 1 aromatic carbocycles. The molecule has 1 aromatic rings. The Morgan fingerprint density at radius 2 is 1.93 bits per heavy atom. The summed E-state index contributed by atoms with van der Waals surface area (Å²) in [6, 6.07) is 2.04. The van der Waals surface area contributed by atoms with Gasteiger partial charge in [-0.3, -0.25) is 4.79 Å². The van der Waals surface area contributed by atoms with Crippen molar-refractivity contribution in [1.82, 2.24) is 0 Å². The summed E-state index contributed by atoms with van der Waals surface area (Å²) in [5.74, 6) is -2.79. The molecule has 2 N–H and O–H groups in total. The predicted octanol–water partition coefficient (Wildman–Crippen LogP) is 1.00. The van der Waals surface area contributed by atoms with E-state index in [1.165, 1.54) is 0 Å². The molecule has 0 heterocycles. The van der Waals surface area contributed by atoms with Gasteiger partial charge in [-0.15, -0.1) is 0 Å². The highest BCUT2D eigenvalue weighted by Crippen LogP contribution is 2.22. The highest BCUT2D eigenvalue weighted by Gasteiger charge is 2.12. The molecule has 0 spiro atoms. The summed E-state index contributed by atoms with van der Waals surface area (Å²) in [5.41, 5.74) is 5.07. The summed E-state index contributed by atoms with van der Waals surface area (Å²) in [6.07, 6.45) is -0.197. The van der Waals surface area contributed by atoms with Gasteiger partial charge in [-0.1, -0.05) is 0 Å². The van der Waals surface area contributed by atoms with E-state index in [9.17, 15) is 13.6 Å². The van der Waals surface area contributed by atoms with Crippen molar-refractivity contribution in [2.75, 3.05) is 7.11 Å².